The molecule has 90 valence electrons. The van der Waals surface area contributed by atoms with E-state index in [1.54, 1.807) is 0 Å². The summed E-state index contributed by atoms with van der Waals surface area (Å²) in [5.41, 5.74) is 0.571. The van der Waals surface area contributed by atoms with Crippen molar-refractivity contribution in [3.63, 3.8) is 0 Å². The van der Waals surface area contributed by atoms with E-state index in [4.69, 9.17) is 0 Å². The Morgan fingerprint density at radius 2 is 1.88 bits per heavy atom. The molecular weight excluding hydrogens is 229 g/mol. The van der Waals surface area contributed by atoms with Gasteiger partial charge in [0.1, 0.15) is 5.82 Å². The van der Waals surface area contributed by atoms with Crippen LogP contribution in [-0.4, -0.2) is 18.4 Å². The molecule has 1 aromatic rings. The Bertz CT molecular complexity index is 324. The molecule has 1 rings (SSSR count). The lowest BCUT2D eigenvalue weighted by Gasteiger charge is -2.06. The quantitative estimate of drug-likeness (QED) is 0.809. The number of halogens is 2. The highest BCUT2D eigenvalue weighted by Gasteiger charge is 2.05. The van der Waals surface area contributed by atoms with Gasteiger partial charge in [0.15, 0.2) is 5.78 Å². The lowest BCUT2D eigenvalue weighted by Crippen LogP contribution is -2.25. The van der Waals surface area contributed by atoms with Gasteiger partial charge >= 0.3 is 0 Å². The van der Waals surface area contributed by atoms with Gasteiger partial charge in [0.2, 0.25) is 0 Å². The third-order valence-corrected chi connectivity index (χ3v) is 2.07. The summed E-state index contributed by atoms with van der Waals surface area (Å²) in [6, 6.07) is 6.04. The fourth-order valence-electron chi connectivity index (χ4n) is 1.25. The molecule has 0 amide bonds. The fourth-order valence-corrected chi connectivity index (χ4v) is 1.25. The largest absolute Gasteiger partial charge is 0.314 e. The van der Waals surface area contributed by atoms with Gasteiger partial charge in [-0.2, -0.15) is 0 Å². The van der Waals surface area contributed by atoms with E-state index in [9.17, 15) is 9.18 Å². The fraction of sp³-hybridized carbons (Fsp3) is 0.417. The summed E-state index contributed by atoms with van der Waals surface area (Å²) < 4.78 is 12.6. The summed E-state index contributed by atoms with van der Waals surface area (Å²) in [4.78, 5) is 11.6. The molecule has 0 saturated heterocycles. The van der Waals surface area contributed by atoms with Crippen LogP contribution >= 0.6 is 12.4 Å². The number of rotatable bonds is 5. The second-order valence-electron chi connectivity index (χ2n) is 3.79. The van der Waals surface area contributed by atoms with Crippen molar-refractivity contribution in [2.75, 3.05) is 6.54 Å². The van der Waals surface area contributed by atoms with Crippen molar-refractivity contribution >= 4 is 18.2 Å². The number of benzene rings is 1. The molecule has 0 fully saturated rings. The van der Waals surface area contributed by atoms with E-state index in [1.807, 2.05) is 13.8 Å². The number of nitrogens with one attached hydrogen (secondary N) is 1. The van der Waals surface area contributed by atoms with E-state index in [1.165, 1.54) is 24.3 Å². The standard InChI is InChI=1S/C12H16FNO.ClH/c1-9(2)14-8-7-12(15)10-3-5-11(13)6-4-10;/h3-6,9,14H,7-8H2,1-2H3;1H. The van der Waals surface area contributed by atoms with Gasteiger partial charge in [-0.25, -0.2) is 4.39 Å². The van der Waals surface area contributed by atoms with E-state index in [0.29, 0.717) is 24.6 Å². The summed E-state index contributed by atoms with van der Waals surface area (Å²) in [5.74, 6) is -0.269. The first-order chi connectivity index (χ1) is 7.09. The average molecular weight is 246 g/mol. The molecule has 0 aliphatic rings. The number of hydrogen-bond donors (Lipinski definition) is 1. The van der Waals surface area contributed by atoms with Crippen molar-refractivity contribution < 1.29 is 9.18 Å². The van der Waals surface area contributed by atoms with Crippen LogP contribution in [0, 0.1) is 5.82 Å². The lowest BCUT2D eigenvalue weighted by molar-refractivity contribution is 0.0982. The topological polar surface area (TPSA) is 29.1 Å². The van der Waals surface area contributed by atoms with Crippen LogP contribution in [-0.2, 0) is 0 Å². The molecule has 0 heterocycles. The van der Waals surface area contributed by atoms with Crippen molar-refractivity contribution in [1.29, 1.82) is 0 Å². The third kappa shape index (κ3) is 5.24. The molecule has 0 unspecified atom stereocenters. The van der Waals surface area contributed by atoms with E-state index >= 15 is 0 Å². The van der Waals surface area contributed by atoms with Crippen LogP contribution in [0.5, 0.6) is 0 Å². The molecule has 1 aromatic carbocycles. The summed E-state index contributed by atoms with van der Waals surface area (Å²) in [6.07, 6.45) is 0.448. The van der Waals surface area contributed by atoms with Crippen molar-refractivity contribution in [2.45, 2.75) is 26.3 Å². The molecule has 0 saturated carbocycles. The Balaban J connectivity index is 0.00000225. The van der Waals surface area contributed by atoms with Crippen LogP contribution in [0.3, 0.4) is 0 Å². The highest BCUT2D eigenvalue weighted by Crippen LogP contribution is 2.05. The Kier molecular flexibility index (Phi) is 6.93. The SMILES string of the molecule is CC(C)NCCC(=O)c1ccc(F)cc1.Cl. The summed E-state index contributed by atoms with van der Waals surface area (Å²) in [7, 11) is 0. The van der Waals surface area contributed by atoms with Crippen molar-refractivity contribution in [1.82, 2.24) is 5.32 Å². The van der Waals surface area contributed by atoms with Crippen LogP contribution in [0.4, 0.5) is 4.39 Å². The van der Waals surface area contributed by atoms with Gasteiger partial charge in [-0.15, -0.1) is 12.4 Å². The van der Waals surface area contributed by atoms with Crippen LogP contribution in [0.1, 0.15) is 30.6 Å². The lowest BCUT2D eigenvalue weighted by atomic mass is 10.1. The predicted octanol–water partition coefficient (Wildman–Crippen LogP) is 2.82. The Labute approximate surface area is 102 Å². The van der Waals surface area contributed by atoms with Gasteiger partial charge in [-0.3, -0.25) is 4.79 Å². The molecule has 0 radical (unpaired) electrons. The maximum absolute atomic E-state index is 12.6. The van der Waals surface area contributed by atoms with Gasteiger partial charge in [-0.05, 0) is 24.3 Å². The second-order valence-corrected chi connectivity index (χ2v) is 3.79. The van der Waals surface area contributed by atoms with Gasteiger partial charge in [0.25, 0.3) is 0 Å². The zero-order valence-corrected chi connectivity index (χ0v) is 10.3. The smallest absolute Gasteiger partial charge is 0.164 e. The second kappa shape index (κ2) is 7.36. The highest BCUT2D eigenvalue weighted by atomic mass is 35.5. The zero-order valence-electron chi connectivity index (χ0n) is 9.50. The third-order valence-electron chi connectivity index (χ3n) is 2.07. The zero-order chi connectivity index (χ0) is 11.3. The Morgan fingerprint density at radius 1 is 1.31 bits per heavy atom. The van der Waals surface area contributed by atoms with E-state index in [0.717, 1.165) is 0 Å². The van der Waals surface area contributed by atoms with Gasteiger partial charge in [-0.1, -0.05) is 13.8 Å². The molecule has 2 nitrogen and oxygen atoms in total. The molecular formula is C12H17ClFNO. The highest BCUT2D eigenvalue weighted by molar-refractivity contribution is 5.96. The van der Waals surface area contributed by atoms with E-state index in [2.05, 4.69) is 5.32 Å². The van der Waals surface area contributed by atoms with Gasteiger partial charge in [0, 0.05) is 24.6 Å². The normalized spacial score (nSPS) is 10.0. The first-order valence-corrected chi connectivity index (χ1v) is 5.11. The van der Waals surface area contributed by atoms with Crippen LogP contribution < -0.4 is 5.32 Å². The molecule has 0 bridgehead atoms. The minimum Gasteiger partial charge on any atom is -0.314 e. The molecule has 0 spiro atoms. The molecule has 0 atom stereocenters. The molecule has 1 N–H and O–H groups in total. The van der Waals surface area contributed by atoms with Gasteiger partial charge < -0.3 is 5.32 Å². The van der Waals surface area contributed by atoms with E-state index < -0.39 is 0 Å². The first kappa shape index (κ1) is 15.1. The molecule has 0 aliphatic heterocycles. The Hall–Kier alpha value is -0.930. The first-order valence-electron chi connectivity index (χ1n) is 5.11. The number of ketones is 1. The minimum atomic E-state index is -0.313. The number of carbonyl (C=O) groups is 1. The summed E-state index contributed by atoms with van der Waals surface area (Å²) >= 11 is 0. The summed E-state index contributed by atoms with van der Waals surface area (Å²) in [5, 5.41) is 3.16. The summed E-state index contributed by atoms with van der Waals surface area (Å²) in [6.45, 7) is 4.72. The van der Waals surface area contributed by atoms with Crippen LogP contribution in [0.15, 0.2) is 24.3 Å². The molecule has 4 heteroatoms. The number of hydrogen-bond acceptors (Lipinski definition) is 2. The maximum atomic E-state index is 12.6. The van der Waals surface area contributed by atoms with Crippen LogP contribution in [0.2, 0.25) is 0 Å². The molecule has 16 heavy (non-hydrogen) atoms. The number of Topliss-reactive ketones (excluding diaryl/α,β-unsaturated/α-hetero) is 1. The maximum Gasteiger partial charge on any atom is 0.164 e. The van der Waals surface area contributed by atoms with Gasteiger partial charge in [0.05, 0.1) is 0 Å². The van der Waals surface area contributed by atoms with Crippen molar-refractivity contribution in [3.8, 4) is 0 Å². The van der Waals surface area contributed by atoms with E-state index in [-0.39, 0.29) is 24.0 Å². The monoisotopic (exact) mass is 245 g/mol. The molecule has 0 aliphatic carbocycles. The van der Waals surface area contributed by atoms with Crippen molar-refractivity contribution in [2.24, 2.45) is 0 Å². The Morgan fingerprint density at radius 3 is 2.38 bits per heavy atom. The minimum absolute atomic E-state index is 0. The van der Waals surface area contributed by atoms with Crippen LogP contribution in [0.25, 0.3) is 0 Å². The number of carbonyl (C=O) groups excluding carboxylic acids is 1. The predicted molar refractivity (Wildman–Crippen MR) is 65.7 cm³/mol. The van der Waals surface area contributed by atoms with Crippen molar-refractivity contribution in [3.05, 3.63) is 35.6 Å². The average Bonchev–Trinajstić information content (AvgIpc) is 2.18. The molecule has 0 aromatic heterocycles.